The number of guanidine groups is 1. The van der Waals surface area contributed by atoms with E-state index in [-0.39, 0.29) is 24.0 Å². The Bertz CT molecular complexity index is 621. The van der Waals surface area contributed by atoms with Crippen LogP contribution in [0, 0.1) is 11.3 Å². The molecule has 0 spiro atoms. The van der Waals surface area contributed by atoms with Gasteiger partial charge in [-0.25, -0.2) is 0 Å². The number of nitriles is 1. The zero-order valence-electron chi connectivity index (χ0n) is 16.6. The highest BCUT2D eigenvalue weighted by Gasteiger charge is 2.19. The average Bonchev–Trinajstić information content (AvgIpc) is 2.66. The largest absolute Gasteiger partial charge is 0.377 e. The molecular weight excluding hydrogens is 453 g/mol. The summed E-state index contributed by atoms with van der Waals surface area (Å²) < 4.78 is 5.64. The minimum absolute atomic E-state index is 0. The fourth-order valence-corrected chi connectivity index (χ4v) is 3.04. The van der Waals surface area contributed by atoms with Gasteiger partial charge in [-0.1, -0.05) is 12.1 Å². The van der Waals surface area contributed by atoms with Crippen LogP contribution in [0.25, 0.3) is 0 Å². The summed E-state index contributed by atoms with van der Waals surface area (Å²) >= 11 is 0. The second kappa shape index (κ2) is 12.9. The normalized spacial score (nSPS) is 15.9. The summed E-state index contributed by atoms with van der Waals surface area (Å²) in [6.07, 6.45) is 2.51. The van der Waals surface area contributed by atoms with Crippen LogP contribution >= 0.6 is 24.0 Å². The van der Waals surface area contributed by atoms with Crippen molar-refractivity contribution < 1.29 is 4.74 Å². The SMILES string of the molecule is CN=C(NCc1cccc(C#N)c1)NC1CCN(CCOC(C)C)CC1.I. The Kier molecular flexibility index (Phi) is 11.3. The molecule has 1 fully saturated rings. The third-order valence-corrected chi connectivity index (χ3v) is 4.53. The Labute approximate surface area is 180 Å². The Morgan fingerprint density at radius 3 is 2.74 bits per heavy atom. The first-order valence-corrected chi connectivity index (χ1v) is 9.41. The van der Waals surface area contributed by atoms with Gasteiger partial charge in [-0.15, -0.1) is 24.0 Å². The van der Waals surface area contributed by atoms with Gasteiger partial charge in [0, 0.05) is 39.3 Å². The minimum atomic E-state index is 0. The molecule has 1 heterocycles. The van der Waals surface area contributed by atoms with Crippen LogP contribution in [0.1, 0.15) is 37.8 Å². The van der Waals surface area contributed by atoms with E-state index in [0.29, 0.717) is 24.3 Å². The molecule has 6 nitrogen and oxygen atoms in total. The summed E-state index contributed by atoms with van der Waals surface area (Å²) in [6.45, 7) is 8.78. The smallest absolute Gasteiger partial charge is 0.191 e. The van der Waals surface area contributed by atoms with Gasteiger partial charge < -0.3 is 20.3 Å². The lowest BCUT2D eigenvalue weighted by molar-refractivity contribution is 0.0532. The van der Waals surface area contributed by atoms with Crippen LogP contribution in [0.4, 0.5) is 0 Å². The molecule has 27 heavy (non-hydrogen) atoms. The molecule has 150 valence electrons. The van der Waals surface area contributed by atoms with E-state index in [4.69, 9.17) is 10.00 Å². The molecule has 2 rings (SSSR count). The van der Waals surface area contributed by atoms with E-state index >= 15 is 0 Å². The summed E-state index contributed by atoms with van der Waals surface area (Å²) in [4.78, 5) is 6.79. The van der Waals surface area contributed by atoms with Crippen molar-refractivity contribution in [2.24, 2.45) is 4.99 Å². The van der Waals surface area contributed by atoms with Crippen molar-refractivity contribution in [3.8, 4) is 6.07 Å². The Hall–Kier alpha value is -1.37. The average molecular weight is 485 g/mol. The number of rotatable bonds is 7. The third kappa shape index (κ3) is 8.91. The molecule has 0 bridgehead atoms. The van der Waals surface area contributed by atoms with E-state index in [1.54, 1.807) is 7.05 Å². The predicted molar refractivity (Wildman–Crippen MR) is 120 cm³/mol. The van der Waals surface area contributed by atoms with Crippen molar-refractivity contribution in [3.05, 3.63) is 35.4 Å². The van der Waals surface area contributed by atoms with E-state index in [2.05, 4.69) is 40.4 Å². The van der Waals surface area contributed by atoms with Gasteiger partial charge in [0.1, 0.15) is 0 Å². The molecule has 0 aliphatic carbocycles. The number of likely N-dealkylation sites (tertiary alicyclic amines) is 1. The number of benzene rings is 1. The predicted octanol–water partition coefficient (Wildman–Crippen LogP) is 2.73. The summed E-state index contributed by atoms with van der Waals surface area (Å²) in [5.41, 5.74) is 1.76. The number of nitrogens with zero attached hydrogens (tertiary/aromatic N) is 3. The fraction of sp³-hybridized carbons (Fsp3) is 0.600. The van der Waals surface area contributed by atoms with Crippen molar-refractivity contribution in [3.63, 3.8) is 0 Å². The van der Waals surface area contributed by atoms with Gasteiger partial charge in [0.2, 0.25) is 0 Å². The van der Waals surface area contributed by atoms with E-state index in [1.807, 2.05) is 24.3 Å². The highest BCUT2D eigenvalue weighted by Crippen LogP contribution is 2.10. The molecule has 1 aromatic carbocycles. The molecule has 1 saturated heterocycles. The second-order valence-electron chi connectivity index (χ2n) is 6.92. The molecule has 2 N–H and O–H groups in total. The van der Waals surface area contributed by atoms with Gasteiger partial charge in [0.05, 0.1) is 24.3 Å². The van der Waals surface area contributed by atoms with E-state index in [0.717, 1.165) is 50.6 Å². The molecule has 0 amide bonds. The maximum Gasteiger partial charge on any atom is 0.191 e. The number of halogens is 1. The van der Waals surface area contributed by atoms with Gasteiger partial charge in [-0.3, -0.25) is 4.99 Å². The minimum Gasteiger partial charge on any atom is -0.377 e. The van der Waals surface area contributed by atoms with Crippen LogP contribution in [0.15, 0.2) is 29.3 Å². The summed E-state index contributed by atoms with van der Waals surface area (Å²) in [7, 11) is 1.79. The van der Waals surface area contributed by atoms with Crippen LogP contribution in [0.3, 0.4) is 0 Å². The number of piperidine rings is 1. The number of nitrogens with one attached hydrogen (secondary N) is 2. The van der Waals surface area contributed by atoms with Crippen molar-refractivity contribution in [1.29, 1.82) is 5.26 Å². The van der Waals surface area contributed by atoms with Crippen molar-refractivity contribution in [2.75, 3.05) is 33.3 Å². The zero-order valence-corrected chi connectivity index (χ0v) is 18.9. The lowest BCUT2D eigenvalue weighted by Gasteiger charge is -2.33. The highest BCUT2D eigenvalue weighted by atomic mass is 127. The lowest BCUT2D eigenvalue weighted by atomic mass is 10.1. The van der Waals surface area contributed by atoms with E-state index < -0.39 is 0 Å². The molecule has 1 aromatic rings. The highest BCUT2D eigenvalue weighted by molar-refractivity contribution is 14.0. The molecule has 7 heteroatoms. The number of aliphatic imine (C=N–C) groups is 1. The molecule has 0 aromatic heterocycles. The lowest BCUT2D eigenvalue weighted by Crippen LogP contribution is -2.49. The van der Waals surface area contributed by atoms with Gasteiger partial charge in [0.15, 0.2) is 5.96 Å². The molecular formula is C20H32IN5O. The Balaban J connectivity index is 0.00000364. The maximum atomic E-state index is 8.99. The number of ether oxygens (including phenoxy) is 1. The van der Waals surface area contributed by atoms with Gasteiger partial charge >= 0.3 is 0 Å². The maximum absolute atomic E-state index is 8.99. The topological polar surface area (TPSA) is 72.7 Å². The Morgan fingerprint density at radius 2 is 2.11 bits per heavy atom. The van der Waals surface area contributed by atoms with Crippen LogP contribution in [0.5, 0.6) is 0 Å². The standard InChI is InChI=1S/C20H31N5O.HI/c1-16(2)26-12-11-25-9-7-19(8-10-25)24-20(22-3)23-15-18-6-4-5-17(13-18)14-21;/h4-6,13,16,19H,7-12,15H2,1-3H3,(H2,22,23,24);1H. The summed E-state index contributed by atoms with van der Waals surface area (Å²) in [5, 5.41) is 15.8. The zero-order chi connectivity index (χ0) is 18.8. The van der Waals surface area contributed by atoms with Crippen LogP contribution in [-0.4, -0.2) is 56.3 Å². The molecule has 0 unspecified atom stereocenters. The van der Waals surface area contributed by atoms with E-state index in [9.17, 15) is 0 Å². The molecule has 0 atom stereocenters. The van der Waals surface area contributed by atoms with Gasteiger partial charge in [0.25, 0.3) is 0 Å². The van der Waals surface area contributed by atoms with Crippen LogP contribution in [-0.2, 0) is 11.3 Å². The summed E-state index contributed by atoms with van der Waals surface area (Å²) in [5.74, 6) is 0.814. The molecule has 0 radical (unpaired) electrons. The van der Waals surface area contributed by atoms with Crippen LogP contribution < -0.4 is 10.6 Å². The molecule has 1 aliphatic rings. The third-order valence-electron chi connectivity index (χ3n) is 4.53. The fourth-order valence-electron chi connectivity index (χ4n) is 3.04. The first-order valence-electron chi connectivity index (χ1n) is 9.41. The molecule has 0 saturated carbocycles. The number of hydrogen-bond acceptors (Lipinski definition) is 4. The first kappa shape index (κ1) is 23.7. The first-order chi connectivity index (χ1) is 12.6. The number of hydrogen-bond donors (Lipinski definition) is 2. The van der Waals surface area contributed by atoms with Crippen molar-refractivity contribution >= 4 is 29.9 Å². The molecule has 1 aliphatic heterocycles. The Morgan fingerprint density at radius 1 is 1.37 bits per heavy atom. The monoisotopic (exact) mass is 485 g/mol. The van der Waals surface area contributed by atoms with Gasteiger partial charge in [-0.05, 0) is 44.4 Å². The quantitative estimate of drug-likeness (QED) is 0.353. The van der Waals surface area contributed by atoms with E-state index in [1.165, 1.54) is 0 Å². The van der Waals surface area contributed by atoms with Gasteiger partial charge in [-0.2, -0.15) is 5.26 Å². The van der Waals surface area contributed by atoms with Crippen LogP contribution in [0.2, 0.25) is 0 Å². The summed E-state index contributed by atoms with van der Waals surface area (Å²) in [6, 6.07) is 10.2. The van der Waals surface area contributed by atoms with Crippen molar-refractivity contribution in [1.82, 2.24) is 15.5 Å². The second-order valence-corrected chi connectivity index (χ2v) is 6.92. The van der Waals surface area contributed by atoms with Crippen molar-refractivity contribution in [2.45, 2.75) is 45.4 Å².